The van der Waals surface area contributed by atoms with Crippen molar-refractivity contribution in [1.29, 1.82) is 0 Å². The fourth-order valence-electron chi connectivity index (χ4n) is 2.89. The molecule has 1 aromatic heterocycles. The molecular weight excluding hydrogens is 309 g/mol. The predicted molar refractivity (Wildman–Crippen MR) is 88.9 cm³/mol. The molecule has 0 spiro atoms. The first-order valence-electron chi connectivity index (χ1n) is 8.08. The van der Waals surface area contributed by atoms with Crippen molar-refractivity contribution in [2.75, 3.05) is 18.0 Å². The maximum absolute atomic E-state index is 13.0. The van der Waals surface area contributed by atoms with Crippen LogP contribution in [-0.2, 0) is 16.1 Å². The van der Waals surface area contributed by atoms with Crippen LogP contribution in [0.1, 0.15) is 12.8 Å². The van der Waals surface area contributed by atoms with E-state index in [1.165, 1.54) is 12.1 Å². The lowest BCUT2D eigenvalue weighted by Crippen LogP contribution is -2.33. The summed E-state index contributed by atoms with van der Waals surface area (Å²) in [6.45, 7) is 1.77. The molecule has 1 aromatic carbocycles. The quantitative estimate of drug-likeness (QED) is 0.826. The molecule has 1 aliphatic rings. The van der Waals surface area contributed by atoms with Gasteiger partial charge in [-0.05, 0) is 42.8 Å². The maximum Gasteiger partial charge on any atom is 0.227 e. The van der Waals surface area contributed by atoms with Crippen LogP contribution >= 0.6 is 0 Å². The summed E-state index contributed by atoms with van der Waals surface area (Å²) in [7, 11) is 0. The van der Waals surface area contributed by atoms with Crippen molar-refractivity contribution in [1.82, 2.24) is 9.88 Å². The summed E-state index contributed by atoms with van der Waals surface area (Å²) in [4.78, 5) is 25.9. The summed E-state index contributed by atoms with van der Waals surface area (Å²) >= 11 is 0. The van der Waals surface area contributed by atoms with Gasteiger partial charge in [-0.2, -0.15) is 0 Å². The van der Waals surface area contributed by atoms with E-state index >= 15 is 0 Å². The number of anilines is 1. The van der Waals surface area contributed by atoms with Gasteiger partial charge in [0, 0.05) is 44.1 Å². The number of carbonyl (C=O) groups is 2. The van der Waals surface area contributed by atoms with E-state index in [2.05, 4.69) is 9.88 Å². The predicted octanol–water partition coefficient (Wildman–Crippen LogP) is 2.19. The van der Waals surface area contributed by atoms with E-state index in [9.17, 15) is 14.0 Å². The minimum atomic E-state index is -0.353. The molecule has 0 saturated carbocycles. The Hall–Kier alpha value is -2.63. The second kappa shape index (κ2) is 7.29. The Kier molecular flexibility index (Phi) is 4.93. The Morgan fingerprint density at radius 3 is 2.62 bits per heavy atom. The lowest BCUT2D eigenvalue weighted by atomic mass is 10.1. The van der Waals surface area contributed by atoms with Crippen LogP contribution < -0.4 is 10.2 Å². The van der Waals surface area contributed by atoms with Gasteiger partial charge in [0.15, 0.2) is 0 Å². The van der Waals surface area contributed by atoms with E-state index in [-0.39, 0.29) is 30.0 Å². The summed E-state index contributed by atoms with van der Waals surface area (Å²) in [6.07, 6.45) is 5.00. The summed E-state index contributed by atoms with van der Waals surface area (Å²) < 4.78 is 15.0. The zero-order valence-corrected chi connectivity index (χ0v) is 13.3. The van der Waals surface area contributed by atoms with Gasteiger partial charge in [-0.25, -0.2) is 4.39 Å². The second-order valence-electron chi connectivity index (χ2n) is 5.95. The molecular formula is C18H20FN3O2. The van der Waals surface area contributed by atoms with Gasteiger partial charge in [0.05, 0.1) is 5.92 Å². The molecule has 24 heavy (non-hydrogen) atoms. The first-order chi connectivity index (χ1) is 11.6. The second-order valence-corrected chi connectivity index (χ2v) is 5.95. The number of rotatable bonds is 6. The fraction of sp³-hybridized carbons (Fsp3) is 0.333. The number of amides is 2. The van der Waals surface area contributed by atoms with Crippen LogP contribution in [-0.4, -0.2) is 29.5 Å². The standard InChI is InChI=1S/C18H20FN3O2/c19-15-4-6-16(7-5-15)22-13-14(12-17(22)23)18(24)20-8-3-11-21-9-1-2-10-21/h1-2,4-7,9-10,14H,3,8,11-13H2,(H,20,24)/t14-/m1/s1. The number of hydrogen-bond donors (Lipinski definition) is 1. The van der Waals surface area contributed by atoms with Crippen LogP contribution in [0.2, 0.25) is 0 Å². The molecule has 1 fully saturated rings. The van der Waals surface area contributed by atoms with E-state index in [0.717, 1.165) is 13.0 Å². The smallest absolute Gasteiger partial charge is 0.227 e. The normalized spacial score (nSPS) is 17.3. The number of carbonyl (C=O) groups excluding carboxylic acids is 2. The number of hydrogen-bond acceptors (Lipinski definition) is 2. The topological polar surface area (TPSA) is 54.3 Å². The molecule has 2 heterocycles. The van der Waals surface area contributed by atoms with Crippen LogP contribution in [0, 0.1) is 11.7 Å². The lowest BCUT2D eigenvalue weighted by Gasteiger charge is -2.16. The van der Waals surface area contributed by atoms with Crippen LogP contribution in [0.3, 0.4) is 0 Å². The van der Waals surface area contributed by atoms with Crippen molar-refractivity contribution in [3.63, 3.8) is 0 Å². The number of nitrogens with one attached hydrogen (secondary N) is 1. The van der Waals surface area contributed by atoms with Gasteiger partial charge in [0.25, 0.3) is 0 Å². The van der Waals surface area contributed by atoms with Crippen molar-refractivity contribution in [3.05, 3.63) is 54.6 Å². The van der Waals surface area contributed by atoms with E-state index in [0.29, 0.717) is 18.8 Å². The molecule has 0 unspecified atom stereocenters. The Bertz CT molecular complexity index is 698. The molecule has 0 radical (unpaired) electrons. The molecule has 0 aliphatic carbocycles. The molecule has 1 atom stereocenters. The van der Waals surface area contributed by atoms with Gasteiger partial charge in [-0.1, -0.05) is 0 Å². The largest absolute Gasteiger partial charge is 0.356 e. The van der Waals surface area contributed by atoms with Gasteiger partial charge in [-0.3, -0.25) is 9.59 Å². The summed E-state index contributed by atoms with van der Waals surface area (Å²) in [6, 6.07) is 9.68. The Morgan fingerprint density at radius 2 is 1.92 bits per heavy atom. The van der Waals surface area contributed by atoms with Crippen LogP contribution in [0.5, 0.6) is 0 Å². The van der Waals surface area contributed by atoms with E-state index in [1.54, 1.807) is 17.0 Å². The molecule has 126 valence electrons. The van der Waals surface area contributed by atoms with Gasteiger partial charge in [0.2, 0.25) is 11.8 Å². The number of aromatic nitrogens is 1. The summed E-state index contributed by atoms with van der Waals surface area (Å²) in [5, 5.41) is 2.90. The monoisotopic (exact) mass is 329 g/mol. The zero-order chi connectivity index (χ0) is 16.9. The highest BCUT2D eigenvalue weighted by Crippen LogP contribution is 2.25. The Balaban J connectivity index is 1.47. The Labute approximate surface area is 140 Å². The number of aryl methyl sites for hydroxylation is 1. The molecule has 3 rings (SSSR count). The van der Waals surface area contributed by atoms with E-state index in [1.807, 2.05) is 24.5 Å². The lowest BCUT2D eigenvalue weighted by molar-refractivity contribution is -0.126. The average molecular weight is 329 g/mol. The molecule has 0 bridgehead atoms. The zero-order valence-electron chi connectivity index (χ0n) is 13.3. The minimum absolute atomic E-state index is 0.0968. The molecule has 1 aliphatic heterocycles. The first kappa shape index (κ1) is 16.2. The van der Waals surface area contributed by atoms with Crippen LogP contribution in [0.25, 0.3) is 0 Å². The highest BCUT2D eigenvalue weighted by atomic mass is 19.1. The molecule has 6 heteroatoms. The third-order valence-corrected chi connectivity index (χ3v) is 4.19. The third kappa shape index (κ3) is 3.82. The minimum Gasteiger partial charge on any atom is -0.356 e. The van der Waals surface area contributed by atoms with E-state index < -0.39 is 0 Å². The van der Waals surface area contributed by atoms with Crippen molar-refractivity contribution >= 4 is 17.5 Å². The highest BCUT2D eigenvalue weighted by molar-refractivity contribution is 6.00. The number of halogens is 1. The molecule has 2 aromatic rings. The molecule has 1 N–H and O–H groups in total. The van der Waals surface area contributed by atoms with Gasteiger partial charge in [0.1, 0.15) is 5.82 Å². The van der Waals surface area contributed by atoms with Gasteiger partial charge >= 0.3 is 0 Å². The van der Waals surface area contributed by atoms with Gasteiger partial charge in [-0.15, -0.1) is 0 Å². The van der Waals surface area contributed by atoms with Crippen LogP contribution in [0.15, 0.2) is 48.8 Å². The van der Waals surface area contributed by atoms with E-state index in [4.69, 9.17) is 0 Å². The van der Waals surface area contributed by atoms with Crippen molar-refractivity contribution in [3.8, 4) is 0 Å². The fourth-order valence-corrected chi connectivity index (χ4v) is 2.89. The molecule has 2 amide bonds. The first-order valence-corrected chi connectivity index (χ1v) is 8.08. The van der Waals surface area contributed by atoms with Gasteiger partial charge < -0.3 is 14.8 Å². The number of benzene rings is 1. The highest BCUT2D eigenvalue weighted by Gasteiger charge is 2.34. The Morgan fingerprint density at radius 1 is 1.21 bits per heavy atom. The SMILES string of the molecule is O=C(NCCCn1cccc1)[C@@H]1CC(=O)N(c2ccc(F)cc2)C1. The van der Waals surface area contributed by atoms with Crippen LogP contribution in [0.4, 0.5) is 10.1 Å². The molecule has 1 saturated heterocycles. The van der Waals surface area contributed by atoms with Crippen molar-refractivity contribution < 1.29 is 14.0 Å². The van der Waals surface area contributed by atoms with Crippen molar-refractivity contribution in [2.45, 2.75) is 19.4 Å². The number of nitrogens with zero attached hydrogens (tertiary/aromatic N) is 2. The maximum atomic E-state index is 13.0. The summed E-state index contributed by atoms with van der Waals surface area (Å²) in [5.41, 5.74) is 0.629. The third-order valence-electron chi connectivity index (χ3n) is 4.19. The van der Waals surface area contributed by atoms with Crippen molar-refractivity contribution in [2.24, 2.45) is 5.92 Å². The average Bonchev–Trinajstić information content (AvgIpc) is 3.22. The molecule has 5 nitrogen and oxygen atoms in total. The summed E-state index contributed by atoms with van der Waals surface area (Å²) in [5.74, 6) is -0.897.